The highest BCUT2D eigenvalue weighted by Gasteiger charge is 2.52. The summed E-state index contributed by atoms with van der Waals surface area (Å²) in [7, 11) is -1.93. The van der Waals surface area contributed by atoms with E-state index in [1.54, 1.807) is 31.4 Å². The zero-order chi connectivity index (χ0) is 18.2. The van der Waals surface area contributed by atoms with E-state index in [0.717, 1.165) is 32.1 Å². The summed E-state index contributed by atoms with van der Waals surface area (Å²) in [6, 6.07) is 17.1. The number of hydrogen-bond donors (Lipinski definition) is 0. The van der Waals surface area contributed by atoms with Crippen molar-refractivity contribution in [1.82, 2.24) is 4.31 Å². The molecule has 0 amide bonds. The lowest BCUT2D eigenvalue weighted by Gasteiger charge is -2.34. The molecule has 2 aromatic carbocycles. The summed E-state index contributed by atoms with van der Waals surface area (Å²) in [5.41, 5.74) is 1.02. The molecule has 4 nitrogen and oxygen atoms in total. The maximum Gasteiger partial charge on any atom is 0.243 e. The van der Waals surface area contributed by atoms with Crippen LogP contribution in [0, 0.1) is 0 Å². The first-order chi connectivity index (χ1) is 12.5. The molecule has 1 atom stereocenters. The Bertz CT molecular complexity index is 856. The molecule has 5 heteroatoms. The Morgan fingerprint density at radius 2 is 1.65 bits per heavy atom. The lowest BCUT2D eigenvalue weighted by molar-refractivity contribution is 0.247. The van der Waals surface area contributed by atoms with E-state index in [9.17, 15) is 8.42 Å². The molecule has 1 aliphatic heterocycles. The topological polar surface area (TPSA) is 46.6 Å². The Morgan fingerprint density at radius 3 is 2.27 bits per heavy atom. The van der Waals surface area contributed by atoms with Gasteiger partial charge in [-0.2, -0.15) is 4.31 Å². The van der Waals surface area contributed by atoms with Gasteiger partial charge in [0.25, 0.3) is 0 Å². The molecule has 138 valence electrons. The van der Waals surface area contributed by atoms with Crippen molar-refractivity contribution >= 4 is 10.0 Å². The number of sulfonamides is 1. The quantitative estimate of drug-likeness (QED) is 0.810. The second-order valence-electron chi connectivity index (χ2n) is 7.45. The highest BCUT2D eigenvalue weighted by atomic mass is 32.2. The molecule has 1 unspecified atom stereocenters. The van der Waals surface area contributed by atoms with Crippen LogP contribution in [0.5, 0.6) is 5.75 Å². The van der Waals surface area contributed by atoms with Gasteiger partial charge < -0.3 is 4.74 Å². The van der Waals surface area contributed by atoms with Gasteiger partial charge in [-0.3, -0.25) is 0 Å². The summed E-state index contributed by atoms with van der Waals surface area (Å²) < 4.78 is 33.9. The van der Waals surface area contributed by atoms with Gasteiger partial charge >= 0.3 is 0 Å². The Morgan fingerprint density at radius 1 is 1.00 bits per heavy atom. The number of hydrogen-bond acceptors (Lipinski definition) is 3. The van der Waals surface area contributed by atoms with Gasteiger partial charge in [0.15, 0.2) is 0 Å². The number of ether oxygens (including phenoxy) is 1. The summed E-state index contributed by atoms with van der Waals surface area (Å²) in [5.74, 6) is 0.936. The number of rotatable bonds is 4. The molecule has 26 heavy (non-hydrogen) atoms. The molecule has 2 aliphatic rings. The molecule has 1 saturated carbocycles. The van der Waals surface area contributed by atoms with E-state index in [1.807, 2.05) is 22.5 Å². The Labute approximate surface area is 155 Å². The fourth-order valence-electron chi connectivity index (χ4n) is 4.68. The van der Waals surface area contributed by atoms with Crippen molar-refractivity contribution in [2.24, 2.45) is 0 Å². The molecule has 2 fully saturated rings. The maximum absolute atomic E-state index is 13.5. The minimum atomic E-state index is -3.52. The molecule has 0 N–H and O–H groups in total. The van der Waals surface area contributed by atoms with Gasteiger partial charge in [-0.05, 0) is 55.0 Å². The molecule has 1 saturated heterocycles. The van der Waals surface area contributed by atoms with Crippen LogP contribution in [0.3, 0.4) is 0 Å². The molecule has 1 aliphatic carbocycles. The largest absolute Gasteiger partial charge is 0.497 e. The van der Waals surface area contributed by atoms with Crippen molar-refractivity contribution in [3.05, 3.63) is 60.2 Å². The van der Waals surface area contributed by atoms with Crippen LogP contribution >= 0.6 is 0 Å². The fourth-order valence-corrected chi connectivity index (χ4v) is 6.56. The standard InChI is InChI=1S/C21H25NO3S/c1-25-19-9-11-20(12-10-19)26(23,24)22-16-18(17-7-3-2-4-8-17)15-21(22)13-5-6-14-21/h2-4,7-12,18H,5-6,13-16H2,1H3. The van der Waals surface area contributed by atoms with Crippen LogP contribution in [0.2, 0.25) is 0 Å². The van der Waals surface area contributed by atoms with Gasteiger partial charge in [0, 0.05) is 12.1 Å². The van der Waals surface area contributed by atoms with Crippen molar-refractivity contribution in [2.75, 3.05) is 13.7 Å². The minimum Gasteiger partial charge on any atom is -0.497 e. The average Bonchev–Trinajstić information content (AvgIpc) is 3.30. The summed E-state index contributed by atoms with van der Waals surface area (Å²) in [4.78, 5) is 0.360. The van der Waals surface area contributed by atoms with Crippen LogP contribution < -0.4 is 4.74 Å². The number of nitrogens with zero attached hydrogens (tertiary/aromatic N) is 1. The van der Waals surface area contributed by atoms with E-state index in [0.29, 0.717) is 17.2 Å². The smallest absolute Gasteiger partial charge is 0.243 e. The van der Waals surface area contributed by atoms with Crippen molar-refractivity contribution in [3.8, 4) is 5.75 Å². The molecule has 0 aromatic heterocycles. The Kier molecular flexibility index (Phi) is 4.53. The third kappa shape index (κ3) is 2.93. The van der Waals surface area contributed by atoms with E-state index < -0.39 is 10.0 Å². The van der Waals surface area contributed by atoms with E-state index in [-0.39, 0.29) is 11.5 Å². The second-order valence-corrected chi connectivity index (χ2v) is 9.32. The van der Waals surface area contributed by atoms with E-state index >= 15 is 0 Å². The first-order valence-corrected chi connectivity index (χ1v) is 10.7. The van der Waals surface area contributed by atoms with Crippen LogP contribution in [0.1, 0.15) is 43.6 Å². The molecule has 0 radical (unpaired) electrons. The van der Waals surface area contributed by atoms with Gasteiger partial charge in [0.1, 0.15) is 5.75 Å². The van der Waals surface area contributed by atoms with Crippen LogP contribution in [0.25, 0.3) is 0 Å². The van der Waals surface area contributed by atoms with Crippen molar-refractivity contribution < 1.29 is 13.2 Å². The first kappa shape index (κ1) is 17.6. The van der Waals surface area contributed by atoms with Gasteiger partial charge in [-0.1, -0.05) is 43.2 Å². The van der Waals surface area contributed by atoms with Crippen molar-refractivity contribution in [3.63, 3.8) is 0 Å². The van der Waals surface area contributed by atoms with E-state index in [1.165, 1.54) is 5.56 Å². The van der Waals surface area contributed by atoms with Crippen LogP contribution in [0.4, 0.5) is 0 Å². The minimum absolute atomic E-state index is 0.223. The molecular weight excluding hydrogens is 346 g/mol. The molecular formula is C21H25NO3S. The molecule has 4 rings (SSSR count). The predicted molar refractivity (Wildman–Crippen MR) is 102 cm³/mol. The highest BCUT2D eigenvalue weighted by Crippen LogP contribution is 2.50. The van der Waals surface area contributed by atoms with Crippen LogP contribution in [-0.4, -0.2) is 31.9 Å². The summed E-state index contributed by atoms with van der Waals surface area (Å²) in [5, 5.41) is 0. The monoisotopic (exact) mass is 371 g/mol. The van der Waals surface area contributed by atoms with Gasteiger partial charge in [0.05, 0.1) is 12.0 Å². The SMILES string of the molecule is COc1ccc(S(=O)(=O)N2CC(c3ccccc3)CC23CCCC3)cc1. The van der Waals surface area contributed by atoms with Crippen molar-refractivity contribution in [2.45, 2.75) is 48.5 Å². The number of benzene rings is 2. The third-order valence-corrected chi connectivity index (χ3v) is 7.98. The van der Waals surface area contributed by atoms with Crippen LogP contribution in [-0.2, 0) is 10.0 Å². The summed E-state index contributed by atoms with van der Waals surface area (Å²) in [6.45, 7) is 0.568. The first-order valence-electron chi connectivity index (χ1n) is 9.27. The molecule has 2 aromatic rings. The zero-order valence-corrected chi connectivity index (χ0v) is 15.9. The van der Waals surface area contributed by atoms with Gasteiger partial charge in [-0.25, -0.2) is 8.42 Å². The predicted octanol–water partition coefficient (Wildman–Crippen LogP) is 4.19. The normalized spacial score (nSPS) is 22.7. The molecule has 1 spiro atoms. The lowest BCUT2D eigenvalue weighted by atomic mass is 9.88. The van der Waals surface area contributed by atoms with Gasteiger partial charge in [-0.15, -0.1) is 0 Å². The summed E-state index contributed by atoms with van der Waals surface area (Å²) >= 11 is 0. The van der Waals surface area contributed by atoms with E-state index in [2.05, 4.69) is 12.1 Å². The van der Waals surface area contributed by atoms with Gasteiger partial charge in [0.2, 0.25) is 10.0 Å². The Hall–Kier alpha value is -1.85. The lowest BCUT2D eigenvalue weighted by Crippen LogP contribution is -2.45. The summed E-state index contributed by atoms with van der Waals surface area (Å²) in [6.07, 6.45) is 5.07. The van der Waals surface area contributed by atoms with Crippen molar-refractivity contribution in [1.29, 1.82) is 0 Å². The fraction of sp³-hybridized carbons (Fsp3) is 0.429. The average molecular weight is 372 g/mol. The highest BCUT2D eigenvalue weighted by molar-refractivity contribution is 7.89. The molecule has 0 bridgehead atoms. The van der Waals surface area contributed by atoms with Crippen LogP contribution in [0.15, 0.2) is 59.5 Å². The second kappa shape index (κ2) is 6.71. The van der Waals surface area contributed by atoms with E-state index in [4.69, 9.17) is 4.74 Å². The Balaban J connectivity index is 1.70. The maximum atomic E-state index is 13.5. The zero-order valence-electron chi connectivity index (χ0n) is 15.1. The number of methoxy groups -OCH3 is 1. The third-order valence-electron chi connectivity index (χ3n) is 5.99. The molecule has 1 heterocycles.